The van der Waals surface area contributed by atoms with Gasteiger partial charge in [-0.2, -0.15) is 0 Å². The fourth-order valence-electron chi connectivity index (χ4n) is 4.33. The highest BCUT2D eigenvalue weighted by molar-refractivity contribution is 5.94. The van der Waals surface area contributed by atoms with Crippen LogP contribution < -0.4 is 10.1 Å². The molecule has 0 spiro atoms. The van der Waals surface area contributed by atoms with Gasteiger partial charge in [0.15, 0.2) is 0 Å². The van der Waals surface area contributed by atoms with Gasteiger partial charge in [0.05, 0.1) is 17.6 Å². The van der Waals surface area contributed by atoms with Crippen LogP contribution in [0.5, 0.6) is 5.75 Å². The minimum atomic E-state index is -1.02. The van der Waals surface area contributed by atoms with E-state index < -0.39 is 10.5 Å². The molecule has 2 N–H and O–H groups in total. The summed E-state index contributed by atoms with van der Waals surface area (Å²) >= 11 is 0. The molecule has 1 aliphatic carbocycles. The molecular weight excluding hydrogens is 398 g/mol. The normalized spacial score (nSPS) is 23.4. The molecule has 0 radical (unpaired) electrons. The van der Waals surface area contributed by atoms with Crippen LogP contribution in [0.4, 0.5) is 5.69 Å². The van der Waals surface area contributed by atoms with E-state index in [2.05, 4.69) is 5.32 Å². The largest absolute Gasteiger partial charge is 0.497 e. The van der Waals surface area contributed by atoms with Crippen molar-refractivity contribution in [3.05, 3.63) is 69.8 Å². The Balaban J connectivity index is 1.75. The second kappa shape index (κ2) is 9.45. The number of carbonyl (C=O) groups excluding carboxylic acids is 1. The van der Waals surface area contributed by atoms with Crippen LogP contribution in [0.2, 0.25) is 0 Å². The van der Waals surface area contributed by atoms with Crippen molar-refractivity contribution in [3.8, 4) is 5.75 Å². The fraction of sp³-hybridized carbons (Fsp3) is 0.435. The van der Waals surface area contributed by atoms with Crippen molar-refractivity contribution in [1.82, 2.24) is 10.2 Å². The maximum atomic E-state index is 12.7. The third-order valence-corrected chi connectivity index (χ3v) is 5.95. The minimum absolute atomic E-state index is 0.0522. The molecule has 0 aromatic heterocycles. The van der Waals surface area contributed by atoms with Crippen LogP contribution in [0.3, 0.4) is 0 Å². The lowest BCUT2D eigenvalue weighted by Crippen LogP contribution is -2.50. The molecule has 2 aromatic carbocycles. The number of hydrogen-bond acceptors (Lipinski definition) is 6. The molecule has 1 amide bonds. The summed E-state index contributed by atoms with van der Waals surface area (Å²) in [7, 11) is 5.53. The van der Waals surface area contributed by atoms with Gasteiger partial charge < -0.3 is 20.1 Å². The fourth-order valence-corrected chi connectivity index (χ4v) is 4.33. The first-order chi connectivity index (χ1) is 14.7. The van der Waals surface area contributed by atoms with Gasteiger partial charge in [0.25, 0.3) is 11.6 Å². The first-order valence-corrected chi connectivity index (χ1v) is 10.3. The predicted molar refractivity (Wildman–Crippen MR) is 117 cm³/mol. The van der Waals surface area contributed by atoms with Crippen LogP contribution in [0, 0.1) is 16.0 Å². The minimum Gasteiger partial charge on any atom is -0.497 e. The Hall–Kier alpha value is -2.97. The number of nitrogens with one attached hydrogen (secondary N) is 1. The number of nitrogens with zero attached hydrogens (tertiary/aromatic N) is 2. The number of rotatable bonds is 7. The Labute approximate surface area is 182 Å². The van der Waals surface area contributed by atoms with E-state index in [1.807, 2.05) is 43.3 Å². The average Bonchev–Trinajstić information content (AvgIpc) is 2.76. The van der Waals surface area contributed by atoms with Crippen LogP contribution in [0.25, 0.3) is 0 Å². The third kappa shape index (κ3) is 5.21. The highest BCUT2D eigenvalue weighted by atomic mass is 16.6. The molecule has 8 heteroatoms. The molecule has 1 aliphatic rings. The number of nitro benzene ring substituents is 1. The molecule has 0 aliphatic heterocycles. The summed E-state index contributed by atoms with van der Waals surface area (Å²) in [5.41, 5.74) is 0.124. The number of nitro groups is 1. The van der Waals surface area contributed by atoms with Crippen molar-refractivity contribution < 1.29 is 19.6 Å². The van der Waals surface area contributed by atoms with Gasteiger partial charge in [-0.25, -0.2) is 0 Å². The number of carbonyl (C=O) groups is 1. The summed E-state index contributed by atoms with van der Waals surface area (Å²) in [6.45, 7) is 0.664. The van der Waals surface area contributed by atoms with E-state index in [1.54, 1.807) is 7.11 Å². The Morgan fingerprint density at radius 2 is 2.00 bits per heavy atom. The topological polar surface area (TPSA) is 105 Å². The summed E-state index contributed by atoms with van der Waals surface area (Å²) in [5.74, 6) is 0.337. The molecule has 1 saturated carbocycles. The molecule has 2 aromatic rings. The summed E-state index contributed by atoms with van der Waals surface area (Å²) in [6.07, 6.45) is 1.74. The number of non-ortho nitro benzene ring substituents is 1. The Morgan fingerprint density at radius 3 is 2.61 bits per heavy atom. The monoisotopic (exact) mass is 427 g/mol. The summed E-state index contributed by atoms with van der Waals surface area (Å²) in [5, 5.41) is 25.5. The highest BCUT2D eigenvalue weighted by Gasteiger charge is 2.44. The van der Waals surface area contributed by atoms with Crippen molar-refractivity contribution in [2.45, 2.75) is 30.9 Å². The zero-order valence-corrected chi connectivity index (χ0v) is 18.1. The van der Waals surface area contributed by atoms with E-state index in [1.165, 1.54) is 24.3 Å². The van der Waals surface area contributed by atoms with Gasteiger partial charge in [-0.05, 0) is 63.2 Å². The number of amides is 1. The summed E-state index contributed by atoms with van der Waals surface area (Å²) in [6, 6.07) is 13.0. The van der Waals surface area contributed by atoms with Crippen LogP contribution in [0.15, 0.2) is 48.5 Å². The number of aliphatic hydroxyl groups is 1. The van der Waals surface area contributed by atoms with Gasteiger partial charge in [-0.3, -0.25) is 14.9 Å². The molecule has 0 saturated heterocycles. The van der Waals surface area contributed by atoms with Crippen LogP contribution in [0.1, 0.15) is 35.2 Å². The van der Waals surface area contributed by atoms with Crippen LogP contribution in [-0.2, 0) is 5.60 Å². The SMILES string of the molecule is COc1cccc(C2(O)CCC(NC(=O)c3ccc([N+](=O)[O-])cc3)CC2CN(C)C)c1. The van der Waals surface area contributed by atoms with Crippen molar-refractivity contribution in [3.63, 3.8) is 0 Å². The highest BCUT2D eigenvalue weighted by Crippen LogP contribution is 2.43. The van der Waals surface area contributed by atoms with Crippen molar-refractivity contribution in [2.24, 2.45) is 5.92 Å². The second-order valence-corrected chi connectivity index (χ2v) is 8.36. The van der Waals surface area contributed by atoms with E-state index in [9.17, 15) is 20.0 Å². The molecule has 8 nitrogen and oxygen atoms in total. The quantitative estimate of drug-likeness (QED) is 0.520. The molecule has 1 fully saturated rings. The van der Waals surface area contributed by atoms with Gasteiger partial charge >= 0.3 is 0 Å². The number of benzene rings is 2. The molecule has 0 heterocycles. The van der Waals surface area contributed by atoms with Gasteiger partial charge in [-0.15, -0.1) is 0 Å². The lowest BCUT2D eigenvalue weighted by atomic mass is 9.69. The summed E-state index contributed by atoms with van der Waals surface area (Å²) in [4.78, 5) is 25.0. The smallest absolute Gasteiger partial charge is 0.269 e. The lowest BCUT2D eigenvalue weighted by molar-refractivity contribution is -0.384. The third-order valence-electron chi connectivity index (χ3n) is 5.95. The van der Waals surface area contributed by atoms with E-state index >= 15 is 0 Å². The van der Waals surface area contributed by atoms with Crippen molar-refractivity contribution in [2.75, 3.05) is 27.7 Å². The number of ether oxygens (including phenoxy) is 1. The summed E-state index contributed by atoms with van der Waals surface area (Å²) < 4.78 is 5.33. The maximum Gasteiger partial charge on any atom is 0.269 e. The molecule has 3 rings (SSSR count). The maximum absolute atomic E-state index is 12.7. The van der Waals surface area contributed by atoms with Gasteiger partial charge in [0.1, 0.15) is 5.75 Å². The van der Waals surface area contributed by atoms with Crippen LogP contribution in [-0.4, -0.2) is 54.6 Å². The van der Waals surface area contributed by atoms with E-state index in [4.69, 9.17) is 4.74 Å². The van der Waals surface area contributed by atoms with Gasteiger partial charge in [0.2, 0.25) is 0 Å². The zero-order valence-electron chi connectivity index (χ0n) is 18.1. The average molecular weight is 428 g/mol. The van der Waals surface area contributed by atoms with Crippen molar-refractivity contribution >= 4 is 11.6 Å². The molecule has 0 bridgehead atoms. The molecule has 3 unspecified atom stereocenters. The molecule has 31 heavy (non-hydrogen) atoms. The van der Waals surface area contributed by atoms with E-state index in [0.29, 0.717) is 37.1 Å². The molecule has 166 valence electrons. The Kier molecular flexibility index (Phi) is 6.92. The van der Waals surface area contributed by atoms with E-state index in [-0.39, 0.29) is 23.6 Å². The van der Waals surface area contributed by atoms with Crippen molar-refractivity contribution in [1.29, 1.82) is 0 Å². The van der Waals surface area contributed by atoms with Crippen LogP contribution >= 0.6 is 0 Å². The predicted octanol–water partition coefficient (Wildman–Crippen LogP) is 2.95. The first kappa shape index (κ1) is 22.7. The molecular formula is C23H29N3O5. The number of methoxy groups -OCH3 is 1. The molecule has 3 atom stereocenters. The Morgan fingerprint density at radius 1 is 1.29 bits per heavy atom. The first-order valence-electron chi connectivity index (χ1n) is 10.3. The van der Waals surface area contributed by atoms with Gasteiger partial charge in [0, 0.05) is 36.2 Å². The lowest BCUT2D eigenvalue weighted by Gasteiger charge is -2.44. The van der Waals surface area contributed by atoms with Gasteiger partial charge in [-0.1, -0.05) is 12.1 Å². The second-order valence-electron chi connectivity index (χ2n) is 8.36. The standard InChI is InChI=1S/C23H29N3O5/c1-25(2)15-18-13-19(24-22(27)16-7-9-20(10-8-16)26(29)30)11-12-23(18,28)17-5-4-6-21(14-17)31-3/h4-10,14,18-19,28H,11-13,15H2,1-3H3,(H,24,27). The Bertz CT molecular complexity index is 931. The van der Waals surface area contributed by atoms with E-state index in [0.717, 1.165) is 5.56 Å². The zero-order chi connectivity index (χ0) is 22.6. The number of hydrogen-bond donors (Lipinski definition) is 2.